The lowest BCUT2D eigenvalue weighted by atomic mass is 9.97. The number of hydrogen-bond acceptors (Lipinski definition) is 2. The molecule has 0 saturated heterocycles. The highest BCUT2D eigenvalue weighted by Crippen LogP contribution is 2.26. The Kier molecular flexibility index (Phi) is 4.53. The predicted molar refractivity (Wildman–Crippen MR) is 74.7 cm³/mol. The van der Waals surface area contributed by atoms with Crippen molar-refractivity contribution in [2.45, 2.75) is 19.4 Å². The standard InChI is InChI=1S/C16H16F3NO/c1-9-6-11(13(18)8-12(9)17)14(20)7-10-4-3-5-15(21-2)16(10)19/h3-6,8,14H,7,20H2,1-2H3. The maximum atomic E-state index is 14.1. The molecule has 0 aliphatic heterocycles. The predicted octanol–water partition coefficient (Wildman–Crippen LogP) is 3.66. The van der Waals surface area contributed by atoms with Gasteiger partial charge in [-0.3, -0.25) is 0 Å². The van der Waals surface area contributed by atoms with Gasteiger partial charge in [0, 0.05) is 17.7 Å². The molecule has 2 aromatic rings. The van der Waals surface area contributed by atoms with Gasteiger partial charge in [-0.2, -0.15) is 0 Å². The number of halogens is 3. The molecule has 2 rings (SSSR count). The van der Waals surface area contributed by atoms with Crippen molar-refractivity contribution in [3.63, 3.8) is 0 Å². The molecular formula is C16H16F3NO. The van der Waals surface area contributed by atoms with E-state index in [4.69, 9.17) is 10.5 Å². The number of nitrogens with two attached hydrogens (primary N) is 1. The third-order valence-electron chi connectivity index (χ3n) is 3.38. The second-order valence-electron chi connectivity index (χ2n) is 4.87. The largest absolute Gasteiger partial charge is 0.494 e. The number of benzene rings is 2. The van der Waals surface area contributed by atoms with Gasteiger partial charge in [0.2, 0.25) is 0 Å². The van der Waals surface area contributed by atoms with Crippen LogP contribution < -0.4 is 10.5 Å². The smallest absolute Gasteiger partial charge is 0.168 e. The summed E-state index contributed by atoms with van der Waals surface area (Å²) in [5, 5.41) is 0. The fourth-order valence-corrected chi connectivity index (χ4v) is 2.18. The van der Waals surface area contributed by atoms with Crippen LogP contribution in [0.25, 0.3) is 0 Å². The van der Waals surface area contributed by atoms with E-state index < -0.39 is 23.5 Å². The zero-order chi connectivity index (χ0) is 15.6. The molecule has 21 heavy (non-hydrogen) atoms. The fraction of sp³-hybridized carbons (Fsp3) is 0.250. The van der Waals surface area contributed by atoms with Crippen molar-refractivity contribution in [3.05, 3.63) is 64.5 Å². The van der Waals surface area contributed by atoms with Crippen LogP contribution in [0.2, 0.25) is 0 Å². The first-order valence-electron chi connectivity index (χ1n) is 6.46. The Morgan fingerprint density at radius 2 is 1.86 bits per heavy atom. The van der Waals surface area contributed by atoms with Gasteiger partial charge in [-0.1, -0.05) is 12.1 Å². The van der Waals surface area contributed by atoms with E-state index in [9.17, 15) is 13.2 Å². The van der Waals surface area contributed by atoms with Crippen molar-refractivity contribution in [1.82, 2.24) is 0 Å². The first-order valence-corrected chi connectivity index (χ1v) is 6.46. The molecule has 0 saturated carbocycles. The van der Waals surface area contributed by atoms with E-state index in [1.54, 1.807) is 12.1 Å². The van der Waals surface area contributed by atoms with Crippen LogP contribution >= 0.6 is 0 Å². The quantitative estimate of drug-likeness (QED) is 0.934. The van der Waals surface area contributed by atoms with Gasteiger partial charge in [-0.05, 0) is 36.6 Å². The normalized spacial score (nSPS) is 12.3. The summed E-state index contributed by atoms with van der Waals surface area (Å²) in [4.78, 5) is 0. The second kappa shape index (κ2) is 6.18. The Morgan fingerprint density at radius 3 is 2.52 bits per heavy atom. The minimum atomic E-state index is -0.772. The van der Waals surface area contributed by atoms with E-state index in [1.165, 1.54) is 26.2 Å². The number of ether oxygens (including phenoxy) is 1. The maximum Gasteiger partial charge on any atom is 0.168 e. The number of rotatable bonds is 4. The van der Waals surface area contributed by atoms with Crippen LogP contribution in [0.15, 0.2) is 30.3 Å². The van der Waals surface area contributed by atoms with Crippen molar-refractivity contribution < 1.29 is 17.9 Å². The van der Waals surface area contributed by atoms with Crippen LogP contribution in [0.5, 0.6) is 5.75 Å². The molecule has 1 atom stereocenters. The summed E-state index contributed by atoms with van der Waals surface area (Å²) in [6.45, 7) is 1.52. The Bertz CT molecular complexity index is 658. The maximum absolute atomic E-state index is 14.1. The zero-order valence-corrected chi connectivity index (χ0v) is 11.8. The van der Waals surface area contributed by atoms with Gasteiger partial charge in [0.1, 0.15) is 11.6 Å². The molecule has 2 aromatic carbocycles. The molecule has 5 heteroatoms. The lowest BCUT2D eigenvalue weighted by molar-refractivity contribution is 0.383. The van der Waals surface area contributed by atoms with Gasteiger partial charge in [0.25, 0.3) is 0 Å². The molecule has 0 spiro atoms. The minimum absolute atomic E-state index is 0.0883. The highest BCUT2D eigenvalue weighted by Gasteiger charge is 2.17. The molecule has 2 nitrogen and oxygen atoms in total. The Hall–Kier alpha value is -2.01. The molecule has 0 radical (unpaired) electrons. The topological polar surface area (TPSA) is 35.2 Å². The minimum Gasteiger partial charge on any atom is -0.494 e. The molecule has 0 aromatic heterocycles. The molecule has 0 aliphatic carbocycles. The Morgan fingerprint density at radius 1 is 1.14 bits per heavy atom. The second-order valence-corrected chi connectivity index (χ2v) is 4.87. The first kappa shape index (κ1) is 15.4. The SMILES string of the molecule is COc1cccc(CC(N)c2cc(C)c(F)cc2F)c1F. The number of aryl methyl sites for hydroxylation is 1. The fourth-order valence-electron chi connectivity index (χ4n) is 2.18. The summed E-state index contributed by atoms with van der Waals surface area (Å²) >= 11 is 0. The van der Waals surface area contributed by atoms with Crippen LogP contribution in [0, 0.1) is 24.4 Å². The van der Waals surface area contributed by atoms with E-state index in [0.29, 0.717) is 11.1 Å². The molecule has 0 aliphatic rings. The van der Waals surface area contributed by atoms with E-state index in [0.717, 1.165) is 6.07 Å². The van der Waals surface area contributed by atoms with Crippen molar-refractivity contribution >= 4 is 0 Å². The summed E-state index contributed by atoms with van der Waals surface area (Å²) in [6, 6.07) is 6.07. The first-order chi connectivity index (χ1) is 9.93. The summed E-state index contributed by atoms with van der Waals surface area (Å²) in [7, 11) is 1.37. The van der Waals surface area contributed by atoms with Gasteiger partial charge in [-0.25, -0.2) is 13.2 Å². The average Bonchev–Trinajstić information content (AvgIpc) is 2.45. The summed E-state index contributed by atoms with van der Waals surface area (Å²) in [5.41, 5.74) is 6.72. The highest BCUT2D eigenvalue weighted by atomic mass is 19.1. The van der Waals surface area contributed by atoms with Crippen LogP contribution in [-0.4, -0.2) is 7.11 Å². The number of methoxy groups -OCH3 is 1. The van der Waals surface area contributed by atoms with Crippen molar-refractivity contribution in [2.75, 3.05) is 7.11 Å². The summed E-state index contributed by atoms with van der Waals surface area (Å²) in [5.74, 6) is -1.77. The summed E-state index contributed by atoms with van der Waals surface area (Å²) in [6.07, 6.45) is 0.0883. The third kappa shape index (κ3) is 3.19. The molecular weight excluding hydrogens is 279 g/mol. The molecule has 2 N–H and O–H groups in total. The van der Waals surface area contributed by atoms with Crippen LogP contribution in [0.3, 0.4) is 0 Å². The lowest BCUT2D eigenvalue weighted by Crippen LogP contribution is -2.16. The van der Waals surface area contributed by atoms with Crippen LogP contribution in [-0.2, 0) is 6.42 Å². The molecule has 0 bridgehead atoms. The molecule has 0 amide bonds. The van der Waals surface area contributed by atoms with Crippen molar-refractivity contribution in [3.8, 4) is 5.75 Å². The average molecular weight is 295 g/mol. The third-order valence-corrected chi connectivity index (χ3v) is 3.38. The van der Waals surface area contributed by atoms with E-state index in [2.05, 4.69) is 0 Å². The monoisotopic (exact) mass is 295 g/mol. The zero-order valence-electron chi connectivity index (χ0n) is 11.8. The summed E-state index contributed by atoms with van der Waals surface area (Å²) < 4.78 is 46.0. The van der Waals surface area contributed by atoms with E-state index in [-0.39, 0.29) is 17.7 Å². The number of hydrogen-bond donors (Lipinski definition) is 1. The van der Waals surface area contributed by atoms with Gasteiger partial charge in [0.05, 0.1) is 7.11 Å². The highest BCUT2D eigenvalue weighted by molar-refractivity contribution is 5.34. The van der Waals surface area contributed by atoms with Crippen LogP contribution in [0.4, 0.5) is 13.2 Å². The van der Waals surface area contributed by atoms with E-state index in [1.807, 2.05) is 0 Å². The molecule has 0 fully saturated rings. The van der Waals surface area contributed by atoms with Crippen LogP contribution in [0.1, 0.15) is 22.7 Å². The van der Waals surface area contributed by atoms with Gasteiger partial charge >= 0.3 is 0 Å². The van der Waals surface area contributed by atoms with E-state index >= 15 is 0 Å². The van der Waals surface area contributed by atoms with Gasteiger partial charge in [-0.15, -0.1) is 0 Å². The van der Waals surface area contributed by atoms with Crippen molar-refractivity contribution in [2.24, 2.45) is 5.73 Å². The molecule has 0 heterocycles. The molecule has 112 valence electrons. The Labute approximate surface area is 121 Å². The van der Waals surface area contributed by atoms with Crippen molar-refractivity contribution in [1.29, 1.82) is 0 Å². The lowest BCUT2D eigenvalue weighted by Gasteiger charge is -2.15. The van der Waals surface area contributed by atoms with Gasteiger partial charge in [0.15, 0.2) is 11.6 Å². The Balaban J connectivity index is 2.30. The molecule has 1 unspecified atom stereocenters. The van der Waals surface area contributed by atoms with Gasteiger partial charge < -0.3 is 10.5 Å².